The monoisotopic (exact) mass is 279 g/mol. The summed E-state index contributed by atoms with van der Waals surface area (Å²) in [5.74, 6) is 2.96. The van der Waals surface area contributed by atoms with Crippen LogP contribution in [0.2, 0.25) is 0 Å². The number of oxazole rings is 1. The first-order valence-corrected chi connectivity index (χ1v) is 6.93. The molecule has 1 unspecified atom stereocenters. The molecule has 0 fully saturated rings. The number of alkyl halides is 1. The number of halogens is 1. The number of hydrogen-bond donors (Lipinski definition) is 0. The Bertz CT molecular complexity index is 551. The summed E-state index contributed by atoms with van der Waals surface area (Å²) < 4.78 is 11.1. The Kier molecular flexibility index (Phi) is 4.48. The molecular formula is C15H18ClNO2. The standard InChI is InChI=1S/C15H18ClNO2/c1-4-10(2)14-13(9-16)17-15(19-14)11-6-5-7-12(8-11)18-3/h5-8,10H,4,9H2,1-3H3. The van der Waals surface area contributed by atoms with Crippen LogP contribution in [-0.4, -0.2) is 12.1 Å². The van der Waals surface area contributed by atoms with Gasteiger partial charge in [-0.1, -0.05) is 19.9 Å². The van der Waals surface area contributed by atoms with Crippen LogP contribution in [0.15, 0.2) is 28.7 Å². The Balaban J connectivity index is 2.42. The largest absolute Gasteiger partial charge is 0.497 e. The van der Waals surface area contributed by atoms with Crippen LogP contribution in [0.5, 0.6) is 5.75 Å². The molecule has 19 heavy (non-hydrogen) atoms. The quantitative estimate of drug-likeness (QED) is 0.750. The Labute approximate surface area is 118 Å². The predicted molar refractivity (Wildman–Crippen MR) is 76.8 cm³/mol. The van der Waals surface area contributed by atoms with Crippen molar-refractivity contribution < 1.29 is 9.15 Å². The highest BCUT2D eigenvalue weighted by Gasteiger charge is 2.18. The highest BCUT2D eigenvalue weighted by molar-refractivity contribution is 6.17. The zero-order chi connectivity index (χ0) is 13.8. The summed E-state index contributed by atoms with van der Waals surface area (Å²) in [5.41, 5.74) is 1.73. The van der Waals surface area contributed by atoms with Crippen LogP contribution in [0.25, 0.3) is 11.5 Å². The van der Waals surface area contributed by atoms with Crippen LogP contribution in [0.4, 0.5) is 0 Å². The Morgan fingerprint density at radius 2 is 2.21 bits per heavy atom. The lowest BCUT2D eigenvalue weighted by Gasteiger charge is -2.05. The van der Waals surface area contributed by atoms with Gasteiger partial charge in [0.1, 0.15) is 11.5 Å². The fourth-order valence-electron chi connectivity index (χ4n) is 1.91. The maximum atomic E-state index is 5.95. The average Bonchev–Trinajstić information content (AvgIpc) is 2.90. The van der Waals surface area contributed by atoms with E-state index in [9.17, 15) is 0 Å². The maximum Gasteiger partial charge on any atom is 0.226 e. The Morgan fingerprint density at radius 3 is 2.84 bits per heavy atom. The van der Waals surface area contributed by atoms with Gasteiger partial charge in [0.25, 0.3) is 0 Å². The van der Waals surface area contributed by atoms with Gasteiger partial charge in [0.05, 0.1) is 18.7 Å². The van der Waals surface area contributed by atoms with Crippen molar-refractivity contribution in [3.05, 3.63) is 35.7 Å². The number of nitrogens with zero attached hydrogens (tertiary/aromatic N) is 1. The molecule has 0 bridgehead atoms. The summed E-state index contributed by atoms with van der Waals surface area (Å²) in [7, 11) is 1.64. The minimum absolute atomic E-state index is 0.320. The summed E-state index contributed by atoms with van der Waals surface area (Å²) in [4.78, 5) is 4.49. The van der Waals surface area contributed by atoms with E-state index in [0.29, 0.717) is 17.7 Å². The van der Waals surface area contributed by atoms with Gasteiger partial charge < -0.3 is 9.15 Å². The van der Waals surface area contributed by atoms with Crippen LogP contribution in [0.1, 0.15) is 37.6 Å². The lowest BCUT2D eigenvalue weighted by Crippen LogP contribution is -1.93. The first kappa shape index (κ1) is 13.9. The van der Waals surface area contributed by atoms with E-state index in [-0.39, 0.29) is 0 Å². The van der Waals surface area contributed by atoms with Gasteiger partial charge in [0.15, 0.2) is 0 Å². The van der Waals surface area contributed by atoms with Crippen LogP contribution < -0.4 is 4.74 Å². The van der Waals surface area contributed by atoms with Crippen molar-refractivity contribution in [1.29, 1.82) is 0 Å². The lowest BCUT2D eigenvalue weighted by atomic mass is 10.1. The summed E-state index contributed by atoms with van der Waals surface area (Å²) in [5, 5.41) is 0. The van der Waals surface area contributed by atoms with E-state index in [1.54, 1.807) is 7.11 Å². The fourth-order valence-corrected chi connectivity index (χ4v) is 2.10. The second kappa shape index (κ2) is 6.11. The molecule has 2 rings (SSSR count). The minimum Gasteiger partial charge on any atom is -0.497 e. The average molecular weight is 280 g/mol. The van der Waals surface area contributed by atoms with Crippen LogP contribution in [0, 0.1) is 0 Å². The first-order valence-electron chi connectivity index (χ1n) is 6.39. The van der Waals surface area contributed by atoms with Gasteiger partial charge in [-0.25, -0.2) is 4.98 Å². The van der Waals surface area contributed by atoms with Gasteiger partial charge in [-0.2, -0.15) is 0 Å². The summed E-state index contributed by atoms with van der Waals surface area (Å²) in [6.45, 7) is 4.24. The molecule has 1 heterocycles. The van der Waals surface area contributed by atoms with Crippen molar-refractivity contribution in [3.63, 3.8) is 0 Å². The molecule has 0 aliphatic heterocycles. The first-order chi connectivity index (χ1) is 9.19. The lowest BCUT2D eigenvalue weighted by molar-refractivity contribution is 0.414. The third-order valence-corrected chi connectivity index (χ3v) is 3.48. The van der Waals surface area contributed by atoms with E-state index in [1.807, 2.05) is 24.3 Å². The molecule has 4 heteroatoms. The molecular weight excluding hydrogens is 262 g/mol. The number of hydrogen-bond acceptors (Lipinski definition) is 3. The van der Waals surface area contributed by atoms with Gasteiger partial charge in [-0.3, -0.25) is 0 Å². The molecule has 0 saturated heterocycles. The van der Waals surface area contributed by atoms with Gasteiger partial charge in [-0.05, 0) is 24.6 Å². The predicted octanol–water partition coefficient (Wildman–Crippen LogP) is 4.60. The summed E-state index contributed by atoms with van der Waals surface area (Å²) >= 11 is 5.95. The third kappa shape index (κ3) is 2.92. The molecule has 1 atom stereocenters. The van der Waals surface area contributed by atoms with Crippen LogP contribution in [0.3, 0.4) is 0 Å². The smallest absolute Gasteiger partial charge is 0.226 e. The van der Waals surface area contributed by atoms with E-state index in [2.05, 4.69) is 18.8 Å². The highest BCUT2D eigenvalue weighted by atomic mass is 35.5. The maximum absolute atomic E-state index is 5.95. The van der Waals surface area contributed by atoms with Crippen molar-refractivity contribution in [2.24, 2.45) is 0 Å². The topological polar surface area (TPSA) is 35.3 Å². The number of aromatic nitrogens is 1. The minimum atomic E-state index is 0.320. The third-order valence-electron chi connectivity index (χ3n) is 3.23. The molecule has 0 N–H and O–H groups in total. The van der Waals surface area contributed by atoms with Gasteiger partial charge in [0, 0.05) is 11.5 Å². The molecule has 0 saturated carbocycles. The van der Waals surface area contributed by atoms with E-state index in [1.165, 1.54) is 0 Å². The van der Waals surface area contributed by atoms with E-state index in [0.717, 1.165) is 29.2 Å². The molecule has 0 radical (unpaired) electrons. The molecule has 0 amide bonds. The van der Waals surface area contributed by atoms with Crippen molar-refractivity contribution in [3.8, 4) is 17.2 Å². The van der Waals surface area contributed by atoms with Crippen molar-refractivity contribution in [2.45, 2.75) is 32.1 Å². The van der Waals surface area contributed by atoms with E-state index >= 15 is 0 Å². The molecule has 0 spiro atoms. The molecule has 2 aromatic rings. The molecule has 1 aromatic heterocycles. The molecule has 1 aromatic carbocycles. The zero-order valence-electron chi connectivity index (χ0n) is 11.4. The number of methoxy groups -OCH3 is 1. The molecule has 3 nitrogen and oxygen atoms in total. The van der Waals surface area contributed by atoms with Crippen LogP contribution in [-0.2, 0) is 5.88 Å². The van der Waals surface area contributed by atoms with Crippen molar-refractivity contribution in [1.82, 2.24) is 4.98 Å². The Hall–Kier alpha value is -1.48. The molecule has 102 valence electrons. The molecule has 0 aliphatic carbocycles. The van der Waals surface area contributed by atoms with Crippen molar-refractivity contribution >= 4 is 11.6 Å². The normalized spacial score (nSPS) is 12.4. The van der Waals surface area contributed by atoms with Gasteiger partial charge >= 0.3 is 0 Å². The number of benzene rings is 1. The zero-order valence-corrected chi connectivity index (χ0v) is 12.2. The second-order valence-electron chi connectivity index (χ2n) is 4.50. The van der Waals surface area contributed by atoms with Gasteiger partial charge in [-0.15, -0.1) is 11.6 Å². The second-order valence-corrected chi connectivity index (χ2v) is 4.77. The summed E-state index contributed by atoms with van der Waals surface area (Å²) in [6, 6.07) is 7.67. The summed E-state index contributed by atoms with van der Waals surface area (Å²) in [6.07, 6.45) is 0.997. The van der Waals surface area contributed by atoms with E-state index < -0.39 is 0 Å². The number of ether oxygens (including phenoxy) is 1. The fraction of sp³-hybridized carbons (Fsp3) is 0.400. The highest BCUT2D eigenvalue weighted by Crippen LogP contribution is 2.30. The molecule has 0 aliphatic rings. The van der Waals surface area contributed by atoms with Crippen molar-refractivity contribution in [2.75, 3.05) is 7.11 Å². The Morgan fingerprint density at radius 1 is 1.42 bits per heavy atom. The van der Waals surface area contributed by atoms with Gasteiger partial charge in [0.2, 0.25) is 5.89 Å². The number of rotatable bonds is 5. The SMILES string of the molecule is CCC(C)c1oc(-c2cccc(OC)c2)nc1CCl. The van der Waals surface area contributed by atoms with E-state index in [4.69, 9.17) is 20.8 Å². The van der Waals surface area contributed by atoms with Crippen LogP contribution >= 0.6 is 11.6 Å².